The molecule has 0 aliphatic carbocycles. The van der Waals surface area contributed by atoms with Gasteiger partial charge in [0.2, 0.25) is 0 Å². The topological polar surface area (TPSA) is 64.0 Å². The fourth-order valence-corrected chi connectivity index (χ4v) is 4.07. The van der Waals surface area contributed by atoms with Crippen LogP contribution in [-0.4, -0.2) is 18.3 Å². The molecule has 4 aromatic rings. The number of rotatable bonds is 4. The van der Waals surface area contributed by atoms with Crippen molar-refractivity contribution in [2.75, 3.05) is 4.83 Å². The summed E-state index contributed by atoms with van der Waals surface area (Å²) in [5, 5.41) is 6.91. The highest BCUT2D eigenvalue weighted by atomic mass is 35.5. The Bertz CT molecular complexity index is 1270. The number of alkyl halides is 2. The van der Waals surface area contributed by atoms with Crippen LogP contribution in [0.5, 0.6) is 0 Å². The summed E-state index contributed by atoms with van der Waals surface area (Å²) in [6.45, 7) is 0. The van der Waals surface area contributed by atoms with Gasteiger partial charge in [0.05, 0.1) is 11.1 Å². The first kappa shape index (κ1) is 17.7. The highest BCUT2D eigenvalue weighted by Gasteiger charge is 2.19. The largest absolute Gasteiger partial charge is 0.276 e. The lowest BCUT2D eigenvalue weighted by Gasteiger charge is -2.11. The molecule has 138 valence electrons. The minimum absolute atomic E-state index is 0.271. The highest BCUT2D eigenvalue weighted by Crippen LogP contribution is 2.28. The fourth-order valence-electron chi connectivity index (χ4n) is 2.87. The number of sulfonamides is 1. The van der Waals surface area contributed by atoms with Gasteiger partial charge in [0.1, 0.15) is 5.52 Å². The van der Waals surface area contributed by atoms with Gasteiger partial charge in [-0.1, -0.05) is 41.9 Å². The van der Waals surface area contributed by atoms with Crippen LogP contribution in [0.3, 0.4) is 0 Å². The van der Waals surface area contributed by atoms with Gasteiger partial charge in [0.15, 0.2) is 0 Å². The Morgan fingerprint density at radius 3 is 2.59 bits per heavy atom. The fraction of sp³-hybridized carbons (Fsp3) is 0.0556. The molecule has 0 unspecified atom stereocenters. The monoisotopic (exact) mass is 407 g/mol. The molecule has 0 amide bonds. The Balaban J connectivity index is 1.82. The molecule has 0 saturated carbocycles. The Morgan fingerprint density at radius 1 is 1.04 bits per heavy atom. The lowest BCUT2D eigenvalue weighted by Crippen LogP contribution is -2.24. The normalized spacial score (nSPS) is 12.1. The summed E-state index contributed by atoms with van der Waals surface area (Å²) >= 11 is 6.02. The molecule has 9 heteroatoms. The third kappa shape index (κ3) is 3.22. The number of hydrogen-bond donors (Lipinski definition) is 1. The number of aromatic nitrogens is 2. The van der Waals surface area contributed by atoms with Gasteiger partial charge in [-0.15, -0.1) is 0 Å². The SMILES string of the molecule is O=S(=O)(Nn1ncc2ccc3cc(Cl)ccc3c21)c1cccc(C(F)F)c1. The zero-order chi connectivity index (χ0) is 19.2. The Labute approximate surface area is 158 Å². The summed E-state index contributed by atoms with van der Waals surface area (Å²) in [7, 11) is -4.12. The number of hydrogen-bond acceptors (Lipinski definition) is 3. The van der Waals surface area contributed by atoms with Crippen molar-refractivity contribution < 1.29 is 17.2 Å². The average Bonchev–Trinajstić information content (AvgIpc) is 3.04. The maximum atomic E-state index is 12.9. The molecule has 0 saturated heterocycles. The summed E-state index contributed by atoms with van der Waals surface area (Å²) in [6.07, 6.45) is -1.25. The smallest absolute Gasteiger partial charge is 0.205 e. The van der Waals surface area contributed by atoms with E-state index in [1.165, 1.54) is 24.4 Å². The van der Waals surface area contributed by atoms with Crippen molar-refractivity contribution in [3.8, 4) is 0 Å². The van der Waals surface area contributed by atoms with Gasteiger partial charge in [-0.25, -0.2) is 8.78 Å². The van der Waals surface area contributed by atoms with E-state index in [1.54, 1.807) is 24.3 Å². The van der Waals surface area contributed by atoms with Crippen LogP contribution >= 0.6 is 11.6 Å². The van der Waals surface area contributed by atoms with Crippen LogP contribution in [0, 0.1) is 0 Å². The molecule has 0 spiro atoms. The standard InChI is InChI=1S/C18H12ClF2N3O2S/c19-14-6-7-16-11(8-14)4-5-13-10-22-24(17(13)16)23-27(25,26)15-3-1-2-12(9-15)18(20)21/h1-10,18,23H. The molecular formula is C18H12ClF2N3O2S. The molecule has 4 rings (SSSR count). The Morgan fingerprint density at radius 2 is 1.81 bits per heavy atom. The van der Waals surface area contributed by atoms with Crippen LogP contribution in [-0.2, 0) is 10.0 Å². The lowest BCUT2D eigenvalue weighted by molar-refractivity contribution is 0.151. The Hall–Kier alpha value is -2.71. The summed E-state index contributed by atoms with van der Waals surface area (Å²) in [5.74, 6) is 0. The molecule has 0 atom stereocenters. The second-order valence-corrected chi connectivity index (χ2v) is 7.99. The quantitative estimate of drug-likeness (QED) is 0.532. The maximum absolute atomic E-state index is 12.9. The summed E-state index contributed by atoms with van der Waals surface area (Å²) in [5.41, 5.74) is 0.168. The average molecular weight is 408 g/mol. The van der Waals surface area contributed by atoms with E-state index in [-0.39, 0.29) is 10.5 Å². The van der Waals surface area contributed by atoms with E-state index in [2.05, 4.69) is 9.93 Å². The second-order valence-electron chi connectivity index (χ2n) is 5.89. The van der Waals surface area contributed by atoms with Crippen molar-refractivity contribution in [2.24, 2.45) is 0 Å². The van der Waals surface area contributed by atoms with Crippen molar-refractivity contribution in [3.63, 3.8) is 0 Å². The molecule has 1 heterocycles. The molecule has 0 bridgehead atoms. The first-order chi connectivity index (χ1) is 12.8. The van der Waals surface area contributed by atoms with Gasteiger partial charge >= 0.3 is 0 Å². The molecule has 0 fully saturated rings. The Kier molecular flexibility index (Phi) is 4.24. The van der Waals surface area contributed by atoms with E-state index in [4.69, 9.17) is 11.6 Å². The molecule has 27 heavy (non-hydrogen) atoms. The molecule has 1 N–H and O–H groups in total. The lowest BCUT2D eigenvalue weighted by atomic mass is 10.1. The molecule has 1 aromatic heterocycles. The molecule has 0 radical (unpaired) electrons. The van der Waals surface area contributed by atoms with E-state index in [9.17, 15) is 17.2 Å². The molecule has 0 aliphatic heterocycles. The van der Waals surface area contributed by atoms with Gasteiger partial charge in [0.25, 0.3) is 16.4 Å². The summed E-state index contributed by atoms with van der Waals surface area (Å²) in [4.78, 5) is 3.18. The van der Waals surface area contributed by atoms with Crippen LogP contribution in [0.15, 0.2) is 65.7 Å². The highest BCUT2D eigenvalue weighted by molar-refractivity contribution is 7.92. The van der Waals surface area contributed by atoms with Gasteiger partial charge in [-0.3, -0.25) is 0 Å². The molecule has 3 aromatic carbocycles. The van der Waals surface area contributed by atoms with E-state index in [0.29, 0.717) is 15.9 Å². The molecule has 5 nitrogen and oxygen atoms in total. The van der Waals surface area contributed by atoms with Crippen molar-refractivity contribution >= 4 is 43.3 Å². The van der Waals surface area contributed by atoms with Crippen LogP contribution in [0.1, 0.15) is 12.0 Å². The van der Waals surface area contributed by atoms with E-state index in [1.807, 2.05) is 6.07 Å². The van der Waals surface area contributed by atoms with E-state index in [0.717, 1.165) is 21.6 Å². The second kappa shape index (κ2) is 6.47. The summed E-state index contributed by atoms with van der Waals surface area (Å²) in [6, 6.07) is 13.5. The molecule has 0 aliphatic rings. The van der Waals surface area contributed by atoms with Crippen LogP contribution < -0.4 is 4.83 Å². The van der Waals surface area contributed by atoms with Crippen LogP contribution in [0.4, 0.5) is 8.78 Å². The van der Waals surface area contributed by atoms with Crippen molar-refractivity contribution in [1.29, 1.82) is 0 Å². The van der Waals surface area contributed by atoms with Gasteiger partial charge in [0, 0.05) is 21.4 Å². The minimum atomic E-state index is -4.12. The first-order valence-corrected chi connectivity index (χ1v) is 9.68. The zero-order valence-corrected chi connectivity index (χ0v) is 15.2. The first-order valence-electron chi connectivity index (χ1n) is 7.82. The maximum Gasteiger partial charge on any atom is 0.276 e. The molecular weight excluding hydrogens is 396 g/mol. The third-order valence-corrected chi connectivity index (χ3v) is 5.66. The van der Waals surface area contributed by atoms with Crippen molar-refractivity contribution in [3.05, 3.63) is 71.4 Å². The zero-order valence-electron chi connectivity index (χ0n) is 13.6. The third-order valence-electron chi connectivity index (χ3n) is 4.14. The van der Waals surface area contributed by atoms with Gasteiger partial charge in [-0.05, 0) is 29.7 Å². The van der Waals surface area contributed by atoms with E-state index >= 15 is 0 Å². The number of nitrogens with one attached hydrogen (secondary N) is 1. The predicted molar refractivity (Wildman–Crippen MR) is 100 cm³/mol. The predicted octanol–water partition coefficient (Wildman–Crippen LogP) is 4.71. The summed E-state index contributed by atoms with van der Waals surface area (Å²) < 4.78 is 51.1. The van der Waals surface area contributed by atoms with Crippen LogP contribution in [0.2, 0.25) is 5.02 Å². The number of halogens is 3. The van der Waals surface area contributed by atoms with E-state index < -0.39 is 16.4 Å². The van der Waals surface area contributed by atoms with Crippen molar-refractivity contribution in [1.82, 2.24) is 9.89 Å². The van der Waals surface area contributed by atoms with Gasteiger partial charge < -0.3 is 0 Å². The number of fused-ring (bicyclic) bond motifs is 3. The van der Waals surface area contributed by atoms with Crippen molar-refractivity contribution in [2.45, 2.75) is 11.3 Å². The minimum Gasteiger partial charge on any atom is -0.205 e. The van der Waals surface area contributed by atoms with Gasteiger partial charge in [-0.2, -0.15) is 23.1 Å². The van der Waals surface area contributed by atoms with Crippen LogP contribution in [0.25, 0.3) is 21.7 Å². The number of nitrogens with zero attached hydrogens (tertiary/aromatic N) is 2. The number of benzene rings is 3.